The molecule has 0 aromatic carbocycles. The number of ether oxygens (including phenoxy) is 1. The summed E-state index contributed by atoms with van der Waals surface area (Å²) in [7, 11) is 0. The van der Waals surface area contributed by atoms with Gasteiger partial charge >= 0.3 is 5.97 Å². The lowest BCUT2D eigenvalue weighted by Gasteiger charge is -2.60. The van der Waals surface area contributed by atoms with Crippen LogP contribution in [0.2, 0.25) is 0 Å². The van der Waals surface area contributed by atoms with Crippen molar-refractivity contribution in [1.29, 1.82) is 0 Å². The molecule has 0 bridgehead atoms. The molecule has 4 fully saturated rings. The van der Waals surface area contributed by atoms with Crippen LogP contribution in [-0.4, -0.2) is 23.3 Å². The van der Waals surface area contributed by atoms with Crippen LogP contribution in [-0.2, 0) is 9.53 Å². The summed E-state index contributed by atoms with van der Waals surface area (Å²) in [4.78, 5) is 11.4. The van der Waals surface area contributed by atoms with Crippen LogP contribution in [0.5, 0.6) is 0 Å². The first-order chi connectivity index (χ1) is 11.4. The first-order valence-electron chi connectivity index (χ1n) is 10.2. The highest BCUT2D eigenvalue weighted by Crippen LogP contribution is 2.66. The zero-order chi connectivity index (χ0) is 17.1. The maximum absolute atomic E-state index is 11.4. The van der Waals surface area contributed by atoms with Gasteiger partial charge in [-0.2, -0.15) is 0 Å². The maximum atomic E-state index is 11.4. The molecule has 0 aromatic heterocycles. The van der Waals surface area contributed by atoms with Gasteiger partial charge in [-0.15, -0.1) is 0 Å². The molecule has 0 amide bonds. The molecule has 4 rings (SSSR count). The SMILES string of the molecule is CC(=O)O[C@H]1C[C@H]2[C@@H]3CC[C@H]4CCCC[C@]4(C)[C@H]3CC[C@]2(C)[C@@H]1O. The number of aliphatic hydroxyl groups excluding tert-OH is 1. The Hall–Kier alpha value is -0.570. The van der Waals surface area contributed by atoms with E-state index in [0.717, 1.165) is 30.6 Å². The molecule has 0 aliphatic heterocycles. The molecule has 0 heterocycles. The highest BCUT2D eigenvalue weighted by molar-refractivity contribution is 5.66. The third kappa shape index (κ3) is 2.29. The molecule has 136 valence electrons. The Labute approximate surface area is 146 Å². The van der Waals surface area contributed by atoms with Crippen molar-refractivity contribution in [2.24, 2.45) is 34.5 Å². The Bertz CT molecular complexity index is 517. The smallest absolute Gasteiger partial charge is 0.302 e. The summed E-state index contributed by atoms with van der Waals surface area (Å²) in [6.45, 7) is 6.30. The largest absolute Gasteiger partial charge is 0.460 e. The number of aliphatic hydroxyl groups is 1. The number of hydrogen-bond donors (Lipinski definition) is 1. The van der Waals surface area contributed by atoms with Crippen LogP contribution in [0.1, 0.15) is 78.6 Å². The molecule has 0 radical (unpaired) electrons. The van der Waals surface area contributed by atoms with Gasteiger partial charge in [-0.25, -0.2) is 0 Å². The van der Waals surface area contributed by atoms with Gasteiger partial charge in [0, 0.05) is 12.3 Å². The molecule has 4 aliphatic rings. The van der Waals surface area contributed by atoms with E-state index in [1.54, 1.807) is 0 Å². The second kappa shape index (κ2) is 5.72. The van der Waals surface area contributed by atoms with Crippen molar-refractivity contribution in [1.82, 2.24) is 0 Å². The molecule has 3 nitrogen and oxygen atoms in total. The first kappa shape index (κ1) is 16.9. The van der Waals surface area contributed by atoms with Gasteiger partial charge < -0.3 is 9.84 Å². The number of hydrogen-bond acceptors (Lipinski definition) is 3. The third-order valence-electron chi connectivity index (χ3n) is 8.85. The van der Waals surface area contributed by atoms with E-state index >= 15 is 0 Å². The second-order valence-electron chi connectivity index (χ2n) is 9.78. The molecule has 4 aliphatic carbocycles. The average molecular weight is 335 g/mol. The molecule has 0 unspecified atom stereocenters. The standard InChI is InChI=1S/C21H34O3/c1-13(22)24-18-12-17-15-8-7-14-6-4-5-10-20(14,2)16(15)9-11-21(17,3)19(18)23/h14-19,23H,4-12H2,1-3H3/t14-,15-,16+,17+,18+,19-,20+,21+/m1/s1. The zero-order valence-corrected chi connectivity index (χ0v) is 15.6. The maximum Gasteiger partial charge on any atom is 0.302 e. The van der Waals surface area contributed by atoms with E-state index in [1.165, 1.54) is 51.9 Å². The number of carbonyl (C=O) groups excluding carboxylic acids is 1. The Morgan fingerprint density at radius 1 is 1.00 bits per heavy atom. The predicted molar refractivity (Wildman–Crippen MR) is 93.3 cm³/mol. The fourth-order valence-electron chi connectivity index (χ4n) is 7.58. The van der Waals surface area contributed by atoms with Gasteiger partial charge in [0.15, 0.2) is 0 Å². The Morgan fingerprint density at radius 2 is 1.79 bits per heavy atom. The van der Waals surface area contributed by atoms with Crippen molar-refractivity contribution in [2.45, 2.75) is 90.8 Å². The van der Waals surface area contributed by atoms with E-state index in [4.69, 9.17) is 4.74 Å². The lowest BCUT2D eigenvalue weighted by molar-refractivity contribution is -0.154. The highest BCUT2D eigenvalue weighted by atomic mass is 16.6. The van der Waals surface area contributed by atoms with Crippen LogP contribution in [0.15, 0.2) is 0 Å². The van der Waals surface area contributed by atoms with Gasteiger partial charge in [-0.3, -0.25) is 4.79 Å². The van der Waals surface area contributed by atoms with Crippen LogP contribution in [0, 0.1) is 34.5 Å². The fraction of sp³-hybridized carbons (Fsp3) is 0.952. The third-order valence-corrected chi connectivity index (χ3v) is 8.85. The van der Waals surface area contributed by atoms with Crippen LogP contribution in [0.25, 0.3) is 0 Å². The lowest BCUT2D eigenvalue weighted by Crippen LogP contribution is -2.53. The molecule has 4 saturated carbocycles. The molecule has 0 saturated heterocycles. The van der Waals surface area contributed by atoms with Crippen molar-refractivity contribution >= 4 is 5.97 Å². The molecule has 1 N–H and O–H groups in total. The Balaban J connectivity index is 1.60. The lowest BCUT2D eigenvalue weighted by atomic mass is 9.45. The van der Waals surface area contributed by atoms with E-state index in [0.29, 0.717) is 11.3 Å². The van der Waals surface area contributed by atoms with Crippen LogP contribution < -0.4 is 0 Å². The number of carbonyl (C=O) groups is 1. The summed E-state index contributed by atoms with van der Waals surface area (Å²) in [6, 6.07) is 0. The average Bonchev–Trinajstić information content (AvgIpc) is 2.78. The topological polar surface area (TPSA) is 46.5 Å². The van der Waals surface area contributed by atoms with E-state index in [-0.39, 0.29) is 17.5 Å². The van der Waals surface area contributed by atoms with E-state index < -0.39 is 6.10 Å². The highest BCUT2D eigenvalue weighted by Gasteiger charge is 2.62. The van der Waals surface area contributed by atoms with Crippen molar-refractivity contribution in [3.8, 4) is 0 Å². The quantitative estimate of drug-likeness (QED) is 0.726. The minimum Gasteiger partial charge on any atom is -0.460 e. The van der Waals surface area contributed by atoms with Gasteiger partial charge in [-0.1, -0.05) is 26.7 Å². The van der Waals surface area contributed by atoms with Crippen molar-refractivity contribution < 1.29 is 14.6 Å². The number of esters is 1. The van der Waals surface area contributed by atoms with Gasteiger partial charge in [0.05, 0.1) is 6.10 Å². The van der Waals surface area contributed by atoms with Crippen molar-refractivity contribution in [3.05, 3.63) is 0 Å². The minimum absolute atomic E-state index is 0.0564. The van der Waals surface area contributed by atoms with E-state index in [2.05, 4.69) is 13.8 Å². The minimum atomic E-state index is -0.482. The summed E-state index contributed by atoms with van der Waals surface area (Å²) < 4.78 is 5.50. The van der Waals surface area contributed by atoms with E-state index in [1.807, 2.05) is 0 Å². The van der Waals surface area contributed by atoms with Crippen molar-refractivity contribution in [3.63, 3.8) is 0 Å². The Morgan fingerprint density at radius 3 is 2.54 bits per heavy atom. The molecule has 0 aromatic rings. The second-order valence-corrected chi connectivity index (χ2v) is 9.78. The predicted octanol–water partition coefficient (Wildman–Crippen LogP) is 4.32. The van der Waals surface area contributed by atoms with Crippen LogP contribution >= 0.6 is 0 Å². The van der Waals surface area contributed by atoms with Crippen LogP contribution in [0.3, 0.4) is 0 Å². The zero-order valence-electron chi connectivity index (χ0n) is 15.6. The monoisotopic (exact) mass is 334 g/mol. The van der Waals surface area contributed by atoms with Gasteiger partial charge in [0.25, 0.3) is 0 Å². The Kier molecular flexibility index (Phi) is 4.02. The summed E-state index contributed by atoms with van der Waals surface area (Å²) in [6.07, 6.45) is 10.8. The van der Waals surface area contributed by atoms with Crippen molar-refractivity contribution in [2.75, 3.05) is 0 Å². The molecule has 24 heavy (non-hydrogen) atoms. The van der Waals surface area contributed by atoms with Gasteiger partial charge in [0.2, 0.25) is 0 Å². The summed E-state index contributed by atoms with van der Waals surface area (Å²) in [5.41, 5.74) is 0.464. The molecule has 8 atom stereocenters. The molecule has 3 heteroatoms. The normalized spacial score (nSPS) is 53.7. The van der Waals surface area contributed by atoms with Gasteiger partial charge in [0.1, 0.15) is 6.10 Å². The molecular weight excluding hydrogens is 300 g/mol. The fourth-order valence-corrected chi connectivity index (χ4v) is 7.58. The molecule has 0 spiro atoms. The number of fused-ring (bicyclic) bond motifs is 5. The summed E-state index contributed by atoms with van der Waals surface area (Å²) >= 11 is 0. The van der Waals surface area contributed by atoms with Crippen LogP contribution in [0.4, 0.5) is 0 Å². The van der Waals surface area contributed by atoms with E-state index in [9.17, 15) is 9.90 Å². The summed E-state index contributed by atoms with van der Waals surface area (Å²) in [5, 5.41) is 10.9. The molecular formula is C21H34O3. The number of rotatable bonds is 1. The summed E-state index contributed by atoms with van der Waals surface area (Å²) in [5.74, 6) is 2.74. The first-order valence-corrected chi connectivity index (χ1v) is 10.2. The van der Waals surface area contributed by atoms with Gasteiger partial charge in [-0.05, 0) is 74.0 Å².